The first-order valence-corrected chi connectivity index (χ1v) is 6.50. The van der Waals surface area contributed by atoms with Crippen molar-refractivity contribution in [2.75, 3.05) is 0 Å². The lowest BCUT2D eigenvalue weighted by Crippen LogP contribution is -2.27. The summed E-state index contributed by atoms with van der Waals surface area (Å²) in [7, 11) is 0. The Labute approximate surface area is 129 Å². The zero-order valence-electron chi connectivity index (χ0n) is 12.0. The van der Waals surface area contributed by atoms with E-state index in [2.05, 4.69) is 5.32 Å². The van der Waals surface area contributed by atoms with Crippen molar-refractivity contribution in [3.05, 3.63) is 58.3 Å². The molecule has 2 rings (SSSR count). The van der Waals surface area contributed by atoms with Crippen LogP contribution >= 0.6 is 0 Å². The van der Waals surface area contributed by atoms with Crippen LogP contribution < -0.4 is 5.32 Å². The third-order valence-electron chi connectivity index (χ3n) is 3.18. The number of hydrogen-bond acceptors (Lipinski definition) is 3. The Morgan fingerprint density at radius 2 is 1.87 bits per heavy atom. The van der Waals surface area contributed by atoms with Gasteiger partial charge in [-0.15, -0.1) is 0 Å². The molecule has 0 radical (unpaired) electrons. The average molecular weight is 327 g/mol. The molecule has 122 valence electrons. The normalized spacial score (nSPS) is 14.2. The second-order valence-electron chi connectivity index (χ2n) is 4.88. The van der Waals surface area contributed by atoms with Crippen molar-refractivity contribution >= 4 is 11.9 Å². The number of carbonyl (C=O) groups excluding carboxylic acids is 1. The van der Waals surface area contributed by atoms with E-state index < -0.39 is 41.4 Å². The van der Waals surface area contributed by atoms with Crippen molar-refractivity contribution < 1.29 is 32.6 Å². The molecule has 0 spiro atoms. The van der Waals surface area contributed by atoms with Crippen molar-refractivity contribution in [2.45, 2.75) is 19.9 Å². The van der Waals surface area contributed by atoms with Crippen molar-refractivity contribution in [3.8, 4) is 0 Å². The Morgan fingerprint density at radius 1 is 1.26 bits per heavy atom. The molecule has 1 aliphatic rings. The first-order valence-electron chi connectivity index (χ1n) is 6.50. The second kappa shape index (κ2) is 6.55. The molecule has 0 fully saturated rings. The number of amides is 1. The van der Waals surface area contributed by atoms with Crippen molar-refractivity contribution in [1.82, 2.24) is 5.32 Å². The molecule has 5 nitrogen and oxygen atoms in total. The molecule has 2 N–H and O–H groups in total. The minimum absolute atomic E-state index is 0.0296. The van der Waals surface area contributed by atoms with Gasteiger partial charge in [-0.2, -0.15) is 0 Å². The third-order valence-corrected chi connectivity index (χ3v) is 3.18. The maximum absolute atomic E-state index is 13.5. The van der Waals surface area contributed by atoms with Crippen LogP contribution in [0.15, 0.2) is 35.3 Å². The van der Waals surface area contributed by atoms with E-state index in [9.17, 15) is 22.8 Å². The monoisotopic (exact) mass is 327 g/mol. The van der Waals surface area contributed by atoms with Gasteiger partial charge in [0, 0.05) is 30.7 Å². The van der Waals surface area contributed by atoms with Gasteiger partial charge in [-0.3, -0.25) is 4.79 Å². The number of nitrogens with one attached hydrogen (secondary N) is 1. The summed E-state index contributed by atoms with van der Waals surface area (Å²) in [4.78, 5) is 22.8. The van der Waals surface area contributed by atoms with E-state index in [0.29, 0.717) is 17.7 Å². The summed E-state index contributed by atoms with van der Waals surface area (Å²) in [5.74, 6) is -5.47. The predicted octanol–water partition coefficient (Wildman–Crippen LogP) is 2.38. The predicted molar refractivity (Wildman–Crippen MR) is 72.3 cm³/mol. The zero-order chi connectivity index (χ0) is 17.1. The standard InChI is InChI=1S/C15H12F3NO4/c1-7-2-8(6-23-13(7)15(21)22)14(20)19-5-10-11(17)3-9(16)4-12(10)18/h3-4,6H,2,5H2,1H3,(H,19,20)(H,21,22). The second-order valence-corrected chi connectivity index (χ2v) is 4.88. The molecular formula is C15H12F3NO4. The van der Waals surface area contributed by atoms with Crippen molar-refractivity contribution in [3.63, 3.8) is 0 Å². The lowest BCUT2D eigenvalue weighted by atomic mass is 10.0. The highest BCUT2D eigenvalue weighted by molar-refractivity contribution is 5.95. The van der Waals surface area contributed by atoms with E-state index in [1.165, 1.54) is 6.92 Å². The number of hydrogen-bond donors (Lipinski definition) is 2. The van der Waals surface area contributed by atoms with Crippen LogP contribution in [0.1, 0.15) is 18.9 Å². The number of carboxylic acid groups (broad SMARTS) is 1. The first-order chi connectivity index (χ1) is 10.8. The molecule has 1 amide bonds. The lowest BCUT2D eigenvalue weighted by molar-refractivity contribution is -0.136. The Morgan fingerprint density at radius 3 is 2.39 bits per heavy atom. The van der Waals surface area contributed by atoms with Gasteiger partial charge in [0.05, 0.1) is 5.57 Å². The molecule has 1 aromatic rings. The number of carboxylic acids is 1. The Bertz CT molecular complexity index is 717. The zero-order valence-corrected chi connectivity index (χ0v) is 12.0. The van der Waals surface area contributed by atoms with Gasteiger partial charge in [0.15, 0.2) is 0 Å². The quantitative estimate of drug-likeness (QED) is 0.890. The van der Waals surface area contributed by atoms with E-state index in [1.807, 2.05) is 0 Å². The highest BCUT2D eigenvalue weighted by atomic mass is 19.1. The average Bonchev–Trinajstić information content (AvgIpc) is 2.45. The number of halogens is 3. The van der Waals surface area contributed by atoms with Gasteiger partial charge in [0.1, 0.15) is 23.7 Å². The van der Waals surface area contributed by atoms with Crippen LogP contribution in [0.25, 0.3) is 0 Å². The van der Waals surface area contributed by atoms with Crippen LogP contribution in [-0.2, 0) is 20.9 Å². The molecule has 0 aromatic heterocycles. The summed E-state index contributed by atoms with van der Waals surface area (Å²) in [6, 6.07) is 1.03. The Kier molecular flexibility index (Phi) is 4.73. The Hall–Kier alpha value is -2.77. The fourth-order valence-electron chi connectivity index (χ4n) is 2.03. The fraction of sp³-hybridized carbons (Fsp3) is 0.200. The summed E-state index contributed by atoms with van der Waals surface area (Å²) in [5, 5.41) is 11.1. The fourth-order valence-corrected chi connectivity index (χ4v) is 2.03. The number of aliphatic carboxylic acids is 1. The van der Waals surface area contributed by atoms with Crippen molar-refractivity contribution in [2.24, 2.45) is 0 Å². The first kappa shape index (κ1) is 16.6. The van der Waals surface area contributed by atoms with Gasteiger partial charge in [-0.25, -0.2) is 18.0 Å². The molecule has 8 heteroatoms. The van der Waals surface area contributed by atoms with Crippen LogP contribution in [-0.4, -0.2) is 17.0 Å². The van der Waals surface area contributed by atoms with Crippen LogP contribution in [0.3, 0.4) is 0 Å². The van der Waals surface area contributed by atoms with Gasteiger partial charge < -0.3 is 15.2 Å². The number of carbonyl (C=O) groups is 2. The maximum atomic E-state index is 13.5. The van der Waals surface area contributed by atoms with Crippen LogP contribution in [0.4, 0.5) is 13.2 Å². The molecule has 0 unspecified atom stereocenters. The molecule has 23 heavy (non-hydrogen) atoms. The molecule has 1 heterocycles. The Balaban J connectivity index is 2.04. The molecule has 0 saturated heterocycles. The summed E-state index contributed by atoms with van der Waals surface area (Å²) in [6.45, 7) is 1.01. The summed E-state index contributed by atoms with van der Waals surface area (Å²) >= 11 is 0. The topological polar surface area (TPSA) is 75.6 Å². The SMILES string of the molecule is CC1=C(C(=O)O)OC=C(C(=O)NCc2c(F)cc(F)cc2F)C1. The van der Waals surface area contributed by atoms with Gasteiger partial charge in [-0.05, 0) is 12.5 Å². The molecule has 0 saturated carbocycles. The number of ether oxygens (including phenoxy) is 1. The van der Waals surface area contributed by atoms with E-state index in [0.717, 1.165) is 6.26 Å². The largest absolute Gasteiger partial charge is 0.475 e. The van der Waals surface area contributed by atoms with Crippen molar-refractivity contribution in [1.29, 1.82) is 0 Å². The summed E-state index contributed by atoms with van der Waals surface area (Å²) < 4.78 is 44.6. The van der Waals surface area contributed by atoms with E-state index >= 15 is 0 Å². The minimum Gasteiger partial charge on any atom is -0.475 e. The molecule has 1 aromatic carbocycles. The maximum Gasteiger partial charge on any atom is 0.371 e. The van der Waals surface area contributed by atoms with Crippen LogP contribution in [0.5, 0.6) is 0 Å². The smallest absolute Gasteiger partial charge is 0.371 e. The van der Waals surface area contributed by atoms with E-state index in [-0.39, 0.29) is 17.8 Å². The molecule has 0 bridgehead atoms. The summed E-state index contributed by atoms with van der Waals surface area (Å²) in [6.07, 6.45) is 1.00. The van der Waals surface area contributed by atoms with Gasteiger partial charge in [0.2, 0.25) is 5.76 Å². The highest BCUT2D eigenvalue weighted by Crippen LogP contribution is 2.23. The minimum atomic E-state index is -1.26. The van der Waals surface area contributed by atoms with Crippen LogP contribution in [0.2, 0.25) is 0 Å². The molecular weight excluding hydrogens is 315 g/mol. The third kappa shape index (κ3) is 3.71. The number of benzene rings is 1. The number of rotatable bonds is 4. The summed E-state index contributed by atoms with van der Waals surface area (Å²) in [5.41, 5.74) is -0.0321. The van der Waals surface area contributed by atoms with E-state index in [4.69, 9.17) is 9.84 Å². The molecule has 0 aliphatic carbocycles. The van der Waals surface area contributed by atoms with Gasteiger partial charge in [0.25, 0.3) is 5.91 Å². The van der Waals surface area contributed by atoms with Gasteiger partial charge >= 0.3 is 5.97 Å². The van der Waals surface area contributed by atoms with E-state index in [1.54, 1.807) is 0 Å². The molecule has 0 atom stereocenters. The molecule has 1 aliphatic heterocycles. The number of allylic oxidation sites excluding steroid dienone is 1. The lowest BCUT2D eigenvalue weighted by Gasteiger charge is -2.16. The van der Waals surface area contributed by atoms with Crippen LogP contribution in [0, 0.1) is 17.5 Å². The highest BCUT2D eigenvalue weighted by Gasteiger charge is 2.22. The van der Waals surface area contributed by atoms with Gasteiger partial charge in [-0.1, -0.05) is 0 Å².